The van der Waals surface area contributed by atoms with Gasteiger partial charge in [0.15, 0.2) is 0 Å². The van der Waals surface area contributed by atoms with Crippen LogP contribution >= 0.6 is 11.8 Å². The molecule has 1 fully saturated rings. The first-order valence-corrected chi connectivity index (χ1v) is 8.55. The highest BCUT2D eigenvalue weighted by molar-refractivity contribution is 7.99. The molecule has 2 atom stereocenters. The zero-order valence-corrected chi connectivity index (χ0v) is 13.9. The lowest BCUT2D eigenvalue weighted by Gasteiger charge is -2.17. The Kier molecular flexibility index (Phi) is 5.39. The van der Waals surface area contributed by atoms with Crippen LogP contribution in [0.1, 0.15) is 36.5 Å². The SMILES string of the molecule is CCSC1CCC(NC(=O)c2ccc(N(C)C)c(N)c2)C1. The second kappa shape index (κ2) is 7.07. The number of hydrogen-bond donors (Lipinski definition) is 2. The number of nitrogens with zero attached hydrogens (tertiary/aromatic N) is 1. The van der Waals surface area contributed by atoms with Gasteiger partial charge in [-0.3, -0.25) is 4.79 Å². The third-order valence-electron chi connectivity index (χ3n) is 3.89. The van der Waals surface area contributed by atoms with Crippen molar-refractivity contribution in [3.8, 4) is 0 Å². The molecule has 0 aromatic heterocycles. The molecule has 1 aliphatic rings. The van der Waals surface area contributed by atoms with Crippen LogP contribution in [0.3, 0.4) is 0 Å². The number of carbonyl (C=O) groups is 1. The Hall–Kier alpha value is -1.36. The second-order valence-corrected chi connectivity index (χ2v) is 7.31. The molecule has 1 saturated carbocycles. The summed E-state index contributed by atoms with van der Waals surface area (Å²) in [6.07, 6.45) is 3.36. The van der Waals surface area contributed by atoms with Crippen LogP contribution in [0.2, 0.25) is 0 Å². The zero-order valence-electron chi connectivity index (χ0n) is 13.1. The number of amides is 1. The van der Waals surface area contributed by atoms with Gasteiger partial charge in [-0.25, -0.2) is 0 Å². The lowest BCUT2D eigenvalue weighted by atomic mass is 10.1. The first-order valence-electron chi connectivity index (χ1n) is 7.50. The fourth-order valence-corrected chi connectivity index (χ4v) is 3.97. The first kappa shape index (κ1) is 16.0. The summed E-state index contributed by atoms with van der Waals surface area (Å²) in [5.41, 5.74) is 8.22. The largest absolute Gasteiger partial charge is 0.397 e. The topological polar surface area (TPSA) is 58.4 Å². The van der Waals surface area contributed by atoms with Crippen LogP contribution < -0.4 is 16.0 Å². The van der Waals surface area contributed by atoms with Gasteiger partial charge >= 0.3 is 0 Å². The van der Waals surface area contributed by atoms with Gasteiger partial charge in [-0.15, -0.1) is 0 Å². The van der Waals surface area contributed by atoms with Crippen LogP contribution in [0.5, 0.6) is 0 Å². The van der Waals surface area contributed by atoms with Gasteiger partial charge in [0, 0.05) is 31.0 Å². The molecule has 116 valence electrons. The number of benzene rings is 1. The first-order chi connectivity index (χ1) is 10.0. The summed E-state index contributed by atoms with van der Waals surface area (Å²) in [6, 6.07) is 5.80. The van der Waals surface area contributed by atoms with Crippen LogP contribution in [0, 0.1) is 0 Å². The van der Waals surface area contributed by atoms with Gasteiger partial charge in [-0.2, -0.15) is 11.8 Å². The monoisotopic (exact) mass is 307 g/mol. The molecule has 4 nitrogen and oxygen atoms in total. The van der Waals surface area contributed by atoms with E-state index in [0.717, 1.165) is 24.3 Å². The van der Waals surface area contributed by atoms with Crippen molar-refractivity contribution in [1.82, 2.24) is 5.32 Å². The van der Waals surface area contributed by atoms with E-state index in [4.69, 9.17) is 5.73 Å². The third kappa shape index (κ3) is 4.06. The molecular weight excluding hydrogens is 282 g/mol. The summed E-state index contributed by atoms with van der Waals surface area (Å²) in [7, 11) is 3.88. The quantitative estimate of drug-likeness (QED) is 0.821. The molecular formula is C16H25N3OS. The predicted octanol–water partition coefficient (Wildman–Crippen LogP) is 2.74. The Balaban J connectivity index is 1.96. The van der Waals surface area contributed by atoms with E-state index < -0.39 is 0 Å². The van der Waals surface area contributed by atoms with Crippen molar-refractivity contribution in [2.24, 2.45) is 0 Å². The summed E-state index contributed by atoms with van der Waals surface area (Å²) >= 11 is 2.00. The van der Waals surface area contributed by atoms with Crippen molar-refractivity contribution < 1.29 is 4.79 Å². The predicted molar refractivity (Wildman–Crippen MR) is 92.2 cm³/mol. The number of carbonyl (C=O) groups excluding carboxylic acids is 1. The summed E-state index contributed by atoms with van der Waals surface area (Å²) in [5.74, 6) is 1.13. The van der Waals surface area contributed by atoms with Gasteiger partial charge in [0.1, 0.15) is 0 Å². The zero-order chi connectivity index (χ0) is 15.4. The van der Waals surface area contributed by atoms with E-state index in [0.29, 0.717) is 22.5 Å². The van der Waals surface area contributed by atoms with Crippen molar-refractivity contribution >= 4 is 29.0 Å². The van der Waals surface area contributed by atoms with E-state index >= 15 is 0 Å². The van der Waals surface area contributed by atoms with Crippen LogP contribution in [0.25, 0.3) is 0 Å². The molecule has 1 aromatic carbocycles. The van der Waals surface area contributed by atoms with Crippen molar-refractivity contribution in [2.45, 2.75) is 37.5 Å². The molecule has 0 saturated heterocycles. The summed E-state index contributed by atoms with van der Waals surface area (Å²) in [4.78, 5) is 14.3. The Morgan fingerprint density at radius 2 is 2.19 bits per heavy atom. The third-order valence-corrected chi connectivity index (χ3v) is 5.13. The Bertz CT molecular complexity index is 504. The van der Waals surface area contributed by atoms with Gasteiger partial charge in [0.2, 0.25) is 0 Å². The maximum absolute atomic E-state index is 12.3. The molecule has 1 amide bonds. The number of thioether (sulfide) groups is 1. The molecule has 2 unspecified atom stereocenters. The maximum atomic E-state index is 12.3. The average molecular weight is 307 g/mol. The number of rotatable bonds is 5. The smallest absolute Gasteiger partial charge is 0.251 e. The van der Waals surface area contributed by atoms with Gasteiger partial charge in [0.25, 0.3) is 5.91 Å². The van der Waals surface area contributed by atoms with Crippen molar-refractivity contribution in [2.75, 3.05) is 30.5 Å². The van der Waals surface area contributed by atoms with E-state index in [-0.39, 0.29) is 5.91 Å². The van der Waals surface area contributed by atoms with Crippen LogP contribution in [-0.2, 0) is 0 Å². The van der Waals surface area contributed by atoms with Crippen molar-refractivity contribution in [3.05, 3.63) is 23.8 Å². The van der Waals surface area contributed by atoms with Gasteiger partial charge in [0.05, 0.1) is 11.4 Å². The minimum atomic E-state index is -0.0147. The minimum absolute atomic E-state index is 0.0147. The van der Waals surface area contributed by atoms with E-state index in [1.165, 1.54) is 6.42 Å². The second-order valence-electron chi connectivity index (χ2n) is 5.73. The molecule has 1 aromatic rings. The number of nitrogens with two attached hydrogens (primary N) is 1. The number of anilines is 2. The minimum Gasteiger partial charge on any atom is -0.397 e. The summed E-state index contributed by atoms with van der Waals surface area (Å²) in [6.45, 7) is 2.19. The maximum Gasteiger partial charge on any atom is 0.251 e. The van der Waals surface area contributed by atoms with Crippen LogP contribution in [-0.4, -0.2) is 37.0 Å². The number of nitrogen functional groups attached to an aromatic ring is 1. The van der Waals surface area contributed by atoms with Gasteiger partial charge < -0.3 is 16.0 Å². The highest BCUT2D eigenvalue weighted by atomic mass is 32.2. The molecule has 0 spiro atoms. The average Bonchev–Trinajstić information content (AvgIpc) is 2.86. The highest BCUT2D eigenvalue weighted by Crippen LogP contribution is 2.30. The standard InChI is InChI=1S/C16H25N3OS/c1-4-21-13-7-6-12(10-13)18-16(20)11-5-8-15(19(2)3)14(17)9-11/h5,8-9,12-13H,4,6-7,10,17H2,1-3H3,(H,18,20). The number of hydrogen-bond acceptors (Lipinski definition) is 4. The normalized spacial score (nSPS) is 21.3. The molecule has 3 N–H and O–H groups in total. The molecule has 2 rings (SSSR count). The van der Waals surface area contributed by atoms with Crippen LogP contribution in [0.4, 0.5) is 11.4 Å². The summed E-state index contributed by atoms with van der Waals surface area (Å²) < 4.78 is 0. The molecule has 0 bridgehead atoms. The van der Waals surface area contributed by atoms with Gasteiger partial charge in [-0.05, 0) is 43.2 Å². The Morgan fingerprint density at radius 3 is 2.81 bits per heavy atom. The molecule has 1 aliphatic carbocycles. The summed E-state index contributed by atoms with van der Waals surface area (Å²) in [5, 5.41) is 3.83. The van der Waals surface area contributed by atoms with E-state index in [1.807, 2.05) is 42.9 Å². The Labute approximate surface area is 131 Å². The van der Waals surface area contributed by atoms with Gasteiger partial charge in [-0.1, -0.05) is 6.92 Å². The molecule has 21 heavy (non-hydrogen) atoms. The molecule has 0 heterocycles. The molecule has 0 radical (unpaired) electrons. The van der Waals surface area contributed by atoms with Crippen molar-refractivity contribution in [1.29, 1.82) is 0 Å². The lowest BCUT2D eigenvalue weighted by Crippen LogP contribution is -2.33. The van der Waals surface area contributed by atoms with E-state index in [2.05, 4.69) is 12.2 Å². The molecule has 0 aliphatic heterocycles. The highest BCUT2D eigenvalue weighted by Gasteiger charge is 2.26. The molecule has 5 heteroatoms. The van der Waals surface area contributed by atoms with E-state index in [9.17, 15) is 4.79 Å². The van der Waals surface area contributed by atoms with E-state index in [1.54, 1.807) is 6.07 Å². The lowest BCUT2D eigenvalue weighted by molar-refractivity contribution is 0.0938. The van der Waals surface area contributed by atoms with Crippen LogP contribution in [0.15, 0.2) is 18.2 Å². The van der Waals surface area contributed by atoms with Crippen molar-refractivity contribution in [3.63, 3.8) is 0 Å². The fraction of sp³-hybridized carbons (Fsp3) is 0.562. The fourth-order valence-electron chi connectivity index (χ4n) is 2.83. The number of nitrogens with one attached hydrogen (secondary N) is 1. The Morgan fingerprint density at radius 1 is 1.43 bits per heavy atom.